The number of benzene rings is 1. The van der Waals surface area contributed by atoms with E-state index in [4.69, 9.17) is 0 Å². The molecule has 0 aliphatic rings. The van der Waals surface area contributed by atoms with Crippen LogP contribution in [0.2, 0.25) is 0 Å². The molecule has 0 fully saturated rings. The molecule has 1 amide bonds. The number of nitrogens with zero attached hydrogens (tertiary/aromatic N) is 2. The van der Waals surface area contributed by atoms with Crippen molar-refractivity contribution in [3.63, 3.8) is 0 Å². The fourth-order valence-corrected chi connectivity index (χ4v) is 2.22. The molecule has 0 saturated carbocycles. The second kappa shape index (κ2) is 5.21. The zero-order valence-electron chi connectivity index (χ0n) is 11.3. The molecule has 20 heavy (non-hydrogen) atoms. The number of hydrogen-bond acceptors (Lipinski definition) is 2. The molecule has 2 heterocycles. The Hall–Kier alpha value is -2.56. The lowest BCUT2D eigenvalue weighted by molar-refractivity contribution is 0.0950. The lowest BCUT2D eigenvalue weighted by Crippen LogP contribution is -2.26. The van der Waals surface area contributed by atoms with Gasteiger partial charge in [0.25, 0.3) is 5.91 Å². The average Bonchev–Trinajstić information content (AvgIpc) is 3.05. The van der Waals surface area contributed by atoms with E-state index >= 15 is 0 Å². The van der Waals surface area contributed by atoms with Gasteiger partial charge in [-0.25, -0.2) is 4.98 Å². The Balaban J connectivity index is 1.63. The lowest BCUT2D eigenvalue weighted by atomic mass is 10.2. The van der Waals surface area contributed by atoms with Gasteiger partial charge >= 0.3 is 0 Å². The summed E-state index contributed by atoms with van der Waals surface area (Å²) in [6.07, 6.45) is 4.37. The first-order valence-electron chi connectivity index (χ1n) is 6.56. The second-order valence-corrected chi connectivity index (χ2v) is 4.73. The Morgan fingerprint density at radius 2 is 2.25 bits per heavy atom. The van der Waals surface area contributed by atoms with Crippen molar-refractivity contribution in [1.29, 1.82) is 0 Å². The van der Waals surface area contributed by atoms with Crippen LogP contribution in [0.3, 0.4) is 0 Å². The highest BCUT2D eigenvalue weighted by Crippen LogP contribution is 2.14. The molecular formula is C15H16N4O. The number of amides is 1. The van der Waals surface area contributed by atoms with E-state index in [-0.39, 0.29) is 5.91 Å². The van der Waals surface area contributed by atoms with Crippen molar-refractivity contribution in [2.24, 2.45) is 7.05 Å². The number of carbonyl (C=O) groups is 1. The maximum atomic E-state index is 12.1. The summed E-state index contributed by atoms with van der Waals surface area (Å²) in [5, 5.41) is 3.95. The van der Waals surface area contributed by atoms with Crippen LogP contribution in [0.1, 0.15) is 16.3 Å². The minimum Gasteiger partial charge on any atom is -0.351 e. The molecular weight excluding hydrogens is 252 g/mol. The Labute approximate surface area is 116 Å². The number of para-hydroxylation sites is 1. The van der Waals surface area contributed by atoms with Crippen LogP contribution in [0.4, 0.5) is 0 Å². The second-order valence-electron chi connectivity index (χ2n) is 4.73. The normalized spacial score (nSPS) is 10.8. The highest BCUT2D eigenvalue weighted by molar-refractivity contribution is 5.97. The minimum absolute atomic E-state index is 0.0876. The molecule has 1 aromatic carbocycles. The van der Waals surface area contributed by atoms with Gasteiger partial charge in [0.15, 0.2) is 0 Å². The standard InChI is InChI=1S/C15H16N4O/c1-19-9-8-16-14(19)6-7-17-15(20)13-10-11-4-2-3-5-12(11)18-13/h2-5,8-10,18H,6-7H2,1H3,(H,17,20). The molecule has 102 valence electrons. The number of fused-ring (bicyclic) bond motifs is 1. The van der Waals surface area contributed by atoms with Gasteiger partial charge in [0.05, 0.1) is 0 Å². The molecule has 2 aromatic heterocycles. The summed E-state index contributed by atoms with van der Waals surface area (Å²) < 4.78 is 1.95. The third kappa shape index (κ3) is 2.42. The number of aromatic amines is 1. The first kappa shape index (κ1) is 12.5. The van der Waals surface area contributed by atoms with Crippen LogP contribution in [0.5, 0.6) is 0 Å². The smallest absolute Gasteiger partial charge is 0.267 e. The summed E-state index contributed by atoms with van der Waals surface area (Å²) >= 11 is 0. The molecule has 5 heteroatoms. The van der Waals surface area contributed by atoms with Crippen molar-refractivity contribution in [1.82, 2.24) is 19.9 Å². The number of aryl methyl sites for hydroxylation is 1. The molecule has 0 unspecified atom stereocenters. The molecule has 0 spiro atoms. The highest BCUT2D eigenvalue weighted by Gasteiger charge is 2.09. The average molecular weight is 268 g/mol. The molecule has 0 bridgehead atoms. The van der Waals surface area contributed by atoms with Crippen LogP contribution in [0.15, 0.2) is 42.7 Å². The van der Waals surface area contributed by atoms with E-state index in [2.05, 4.69) is 15.3 Å². The fraction of sp³-hybridized carbons (Fsp3) is 0.200. The molecule has 3 rings (SSSR count). The number of imidazole rings is 1. The molecule has 0 aliphatic heterocycles. The van der Waals surface area contributed by atoms with E-state index in [1.54, 1.807) is 6.20 Å². The monoisotopic (exact) mass is 268 g/mol. The molecule has 0 radical (unpaired) electrons. The maximum Gasteiger partial charge on any atom is 0.267 e. The fourth-order valence-electron chi connectivity index (χ4n) is 2.22. The first-order valence-corrected chi connectivity index (χ1v) is 6.56. The molecule has 5 nitrogen and oxygen atoms in total. The molecule has 0 aliphatic carbocycles. The van der Waals surface area contributed by atoms with Gasteiger partial charge in [-0.2, -0.15) is 0 Å². The SMILES string of the molecule is Cn1ccnc1CCNC(=O)c1cc2ccccc2[nH]1. The van der Waals surface area contributed by atoms with E-state index in [0.29, 0.717) is 12.2 Å². The zero-order chi connectivity index (χ0) is 13.9. The van der Waals surface area contributed by atoms with E-state index in [0.717, 1.165) is 23.1 Å². The van der Waals surface area contributed by atoms with Crippen molar-refractivity contribution >= 4 is 16.8 Å². The van der Waals surface area contributed by atoms with Gasteiger partial charge < -0.3 is 14.9 Å². The summed E-state index contributed by atoms with van der Waals surface area (Å²) in [5.74, 6) is 0.873. The summed E-state index contributed by atoms with van der Waals surface area (Å²) in [4.78, 5) is 19.4. The van der Waals surface area contributed by atoms with Gasteiger partial charge in [0.2, 0.25) is 0 Å². The zero-order valence-corrected chi connectivity index (χ0v) is 11.3. The third-order valence-electron chi connectivity index (χ3n) is 3.33. The van der Waals surface area contributed by atoms with Gasteiger partial charge in [-0.3, -0.25) is 4.79 Å². The Morgan fingerprint density at radius 1 is 1.40 bits per heavy atom. The number of H-pyrrole nitrogens is 1. The van der Waals surface area contributed by atoms with E-state index in [1.165, 1.54) is 0 Å². The largest absolute Gasteiger partial charge is 0.351 e. The summed E-state index contributed by atoms with van der Waals surface area (Å²) in [6.45, 7) is 0.569. The number of rotatable bonds is 4. The predicted octanol–water partition coefficient (Wildman–Crippen LogP) is 1.87. The van der Waals surface area contributed by atoms with E-state index in [9.17, 15) is 4.79 Å². The van der Waals surface area contributed by atoms with Crippen molar-refractivity contribution in [2.75, 3.05) is 6.54 Å². The Kier molecular flexibility index (Phi) is 3.25. The first-order chi connectivity index (χ1) is 9.74. The van der Waals surface area contributed by atoms with Crippen LogP contribution >= 0.6 is 0 Å². The maximum absolute atomic E-state index is 12.1. The highest BCUT2D eigenvalue weighted by atomic mass is 16.1. The van der Waals surface area contributed by atoms with Crippen LogP contribution in [0, 0.1) is 0 Å². The molecule has 2 N–H and O–H groups in total. The Bertz CT molecular complexity index is 708. The van der Waals surface area contributed by atoms with Crippen LogP contribution in [0.25, 0.3) is 10.9 Å². The molecule has 3 aromatic rings. The van der Waals surface area contributed by atoms with Crippen LogP contribution in [-0.2, 0) is 13.5 Å². The van der Waals surface area contributed by atoms with E-state index < -0.39 is 0 Å². The van der Waals surface area contributed by atoms with Crippen LogP contribution < -0.4 is 5.32 Å². The number of nitrogens with one attached hydrogen (secondary N) is 2. The van der Waals surface area contributed by atoms with Gasteiger partial charge in [0, 0.05) is 43.3 Å². The summed E-state index contributed by atoms with van der Waals surface area (Å²) in [5.41, 5.74) is 1.56. The van der Waals surface area contributed by atoms with Crippen molar-refractivity contribution in [3.8, 4) is 0 Å². The quantitative estimate of drug-likeness (QED) is 0.759. The lowest BCUT2D eigenvalue weighted by Gasteiger charge is -2.04. The van der Waals surface area contributed by atoms with Crippen molar-refractivity contribution in [3.05, 3.63) is 54.2 Å². The predicted molar refractivity (Wildman–Crippen MR) is 77.5 cm³/mol. The number of carbonyl (C=O) groups excluding carboxylic acids is 1. The topological polar surface area (TPSA) is 62.7 Å². The van der Waals surface area contributed by atoms with E-state index in [1.807, 2.05) is 48.1 Å². The van der Waals surface area contributed by atoms with Crippen molar-refractivity contribution in [2.45, 2.75) is 6.42 Å². The van der Waals surface area contributed by atoms with Crippen LogP contribution in [-0.4, -0.2) is 27.0 Å². The summed E-state index contributed by atoms with van der Waals surface area (Å²) in [6, 6.07) is 9.71. The molecule has 0 saturated heterocycles. The van der Waals surface area contributed by atoms with Gasteiger partial charge in [-0.1, -0.05) is 18.2 Å². The van der Waals surface area contributed by atoms with Gasteiger partial charge in [-0.05, 0) is 12.1 Å². The molecule has 0 atom stereocenters. The minimum atomic E-state index is -0.0876. The van der Waals surface area contributed by atoms with Gasteiger partial charge in [0.1, 0.15) is 11.5 Å². The number of hydrogen-bond donors (Lipinski definition) is 2. The van der Waals surface area contributed by atoms with Crippen molar-refractivity contribution < 1.29 is 4.79 Å². The third-order valence-corrected chi connectivity index (χ3v) is 3.33. The summed E-state index contributed by atoms with van der Waals surface area (Å²) in [7, 11) is 1.95. The Morgan fingerprint density at radius 3 is 3.00 bits per heavy atom. The number of aromatic nitrogens is 3. The van der Waals surface area contributed by atoms with Gasteiger partial charge in [-0.15, -0.1) is 0 Å².